The second-order valence-electron chi connectivity index (χ2n) is 26.0. The fourth-order valence-corrected chi connectivity index (χ4v) is 12.0. The molecule has 1 amide bonds. The number of esters is 3. The second-order valence-corrected chi connectivity index (χ2v) is 26.0. The van der Waals surface area contributed by atoms with Gasteiger partial charge in [0.2, 0.25) is 5.91 Å². The summed E-state index contributed by atoms with van der Waals surface area (Å²) >= 11 is 0. The third-order valence-electron chi connectivity index (χ3n) is 17.7. The summed E-state index contributed by atoms with van der Waals surface area (Å²) in [6, 6.07) is 0.137. The van der Waals surface area contributed by atoms with Crippen molar-refractivity contribution in [1.82, 2.24) is 9.80 Å². The van der Waals surface area contributed by atoms with Crippen LogP contribution in [0.4, 0.5) is 0 Å². The molecule has 0 aliphatic rings. The highest BCUT2D eigenvalue weighted by atomic mass is 16.5. The Hall–Kier alpha value is -2.16. The molecule has 0 saturated heterocycles. The van der Waals surface area contributed by atoms with E-state index in [4.69, 9.17) is 14.2 Å². The van der Waals surface area contributed by atoms with Gasteiger partial charge in [-0.3, -0.25) is 19.2 Å². The van der Waals surface area contributed by atoms with Crippen molar-refractivity contribution in [1.29, 1.82) is 0 Å². The molecule has 0 aromatic carbocycles. The van der Waals surface area contributed by atoms with Crippen molar-refractivity contribution in [3.8, 4) is 0 Å². The van der Waals surface area contributed by atoms with Crippen molar-refractivity contribution in [2.75, 3.05) is 47.0 Å². The van der Waals surface area contributed by atoms with Crippen LogP contribution < -0.4 is 0 Å². The summed E-state index contributed by atoms with van der Waals surface area (Å²) < 4.78 is 17.7. The van der Waals surface area contributed by atoms with Crippen molar-refractivity contribution in [2.24, 2.45) is 17.8 Å². The van der Waals surface area contributed by atoms with Crippen LogP contribution in [0.5, 0.6) is 0 Å². The largest absolute Gasteiger partial charge is 0.465 e. The molecule has 0 aliphatic heterocycles. The summed E-state index contributed by atoms with van der Waals surface area (Å²) in [4.78, 5) is 57.6. The van der Waals surface area contributed by atoms with Crippen LogP contribution in [-0.2, 0) is 33.4 Å². The molecule has 0 saturated carbocycles. The van der Waals surface area contributed by atoms with Gasteiger partial charge in [0.05, 0.1) is 19.8 Å². The SMILES string of the molecule is CCCCCCCCCCC(CCCCCCCC)COC(=O)CCCCCC(CCCCCC(=O)OCC(CCCCCCCC)CCCCCCCC)N(CCCN(C)C)C(=O)CCCCCCCC(=O)OCC(CC)CCCC. The first-order valence-corrected chi connectivity index (χ1v) is 36.5. The highest BCUT2D eigenvalue weighted by Gasteiger charge is 2.24. The van der Waals surface area contributed by atoms with E-state index in [1.807, 2.05) is 0 Å². The van der Waals surface area contributed by atoms with Gasteiger partial charge in [0.25, 0.3) is 0 Å². The molecule has 3 atom stereocenters. The molecule has 0 fully saturated rings. The van der Waals surface area contributed by atoms with Crippen molar-refractivity contribution in [2.45, 2.75) is 381 Å². The van der Waals surface area contributed by atoms with Gasteiger partial charge in [-0.1, -0.05) is 273 Å². The van der Waals surface area contributed by atoms with E-state index in [2.05, 4.69) is 65.4 Å². The summed E-state index contributed by atoms with van der Waals surface area (Å²) in [7, 11) is 4.21. The summed E-state index contributed by atoms with van der Waals surface area (Å²) in [5.74, 6) is 1.50. The molecule has 0 spiro atoms. The van der Waals surface area contributed by atoms with E-state index in [0.717, 1.165) is 116 Å². The summed E-state index contributed by atoms with van der Waals surface area (Å²) in [6.07, 6.45) is 58.0. The lowest BCUT2D eigenvalue weighted by Gasteiger charge is -2.33. The highest BCUT2D eigenvalue weighted by molar-refractivity contribution is 5.76. The Bertz CT molecular complexity index is 1370. The predicted octanol–water partition coefficient (Wildman–Crippen LogP) is 21.6. The molecule has 0 aromatic rings. The minimum Gasteiger partial charge on any atom is -0.465 e. The molecule has 9 nitrogen and oxygen atoms in total. The zero-order chi connectivity index (χ0) is 60.2. The maximum absolute atomic E-state index is 14.3. The van der Waals surface area contributed by atoms with E-state index >= 15 is 0 Å². The van der Waals surface area contributed by atoms with Gasteiger partial charge < -0.3 is 24.0 Å². The summed E-state index contributed by atoms with van der Waals surface area (Å²) in [5, 5.41) is 0. The number of ether oxygens (including phenoxy) is 3. The van der Waals surface area contributed by atoms with Crippen molar-refractivity contribution >= 4 is 23.8 Å². The van der Waals surface area contributed by atoms with Crippen LogP contribution in [0.3, 0.4) is 0 Å². The van der Waals surface area contributed by atoms with E-state index < -0.39 is 0 Å². The Morgan fingerprint density at radius 3 is 0.915 bits per heavy atom. The van der Waals surface area contributed by atoms with Crippen molar-refractivity contribution < 1.29 is 33.4 Å². The highest BCUT2D eigenvalue weighted by Crippen LogP contribution is 2.25. The minimum absolute atomic E-state index is 0.0478. The number of nitrogens with zero attached hydrogens (tertiary/aromatic N) is 2. The van der Waals surface area contributed by atoms with E-state index in [1.54, 1.807) is 0 Å². The van der Waals surface area contributed by atoms with Crippen molar-refractivity contribution in [3.63, 3.8) is 0 Å². The first-order chi connectivity index (χ1) is 40.0. The van der Waals surface area contributed by atoms with Crippen LogP contribution in [0, 0.1) is 17.8 Å². The standard InChI is InChI=1S/C73H142N2O7/c1-9-15-20-24-28-29-34-42-54-68(53-41-33-27-23-18-12-4)65-82-73(79)60-48-38-44-56-69(55-43-37-47-59-72(78)81-64-67(51-39-31-25-21-16-10-2)52-40-32-26-22-17-11-3)75(62-49-61-74(7)8)70(76)57-45-35-30-36-46-58-71(77)80-63-66(14-6)50-19-13-5/h66-69H,9-65H2,1-8H3. The number of hydrogen-bond donors (Lipinski definition) is 0. The fourth-order valence-electron chi connectivity index (χ4n) is 12.0. The van der Waals surface area contributed by atoms with Gasteiger partial charge in [-0.2, -0.15) is 0 Å². The molecule has 82 heavy (non-hydrogen) atoms. The number of carbonyl (C=O) groups excluding carboxylic acids is 4. The smallest absolute Gasteiger partial charge is 0.305 e. The van der Waals surface area contributed by atoms with Gasteiger partial charge in [-0.25, -0.2) is 0 Å². The fraction of sp³-hybridized carbons (Fsp3) is 0.945. The summed E-state index contributed by atoms with van der Waals surface area (Å²) in [6.45, 7) is 16.9. The molecule has 0 heterocycles. The maximum atomic E-state index is 14.3. The van der Waals surface area contributed by atoms with Crippen molar-refractivity contribution in [3.05, 3.63) is 0 Å². The number of rotatable bonds is 65. The predicted molar refractivity (Wildman–Crippen MR) is 352 cm³/mol. The first kappa shape index (κ1) is 79.8. The van der Waals surface area contributed by atoms with Gasteiger partial charge in [0, 0.05) is 38.3 Å². The van der Waals surface area contributed by atoms with E-state index in [9.17, 15) is 19.2 Å². The molecular formula is C73H142N2O7. The van der Waals surface area contributed by atoms with Gasteiger partial charge in [0.15, 0.2) is 0 Å². The molecule has 0 N–H and O–H groups in total. The van der Waals surface area contributed by atoms with Gasteiger partial charge in [-0.15, -0.1) is 0 Å². The van der Waals surface area contributed by atoms with Crippen LogP contribution in [0.15, 0.2) is 0 Å². The molecule has 9 heteroatoms. The molecule has 0 aromatic heterocycles. The monoisotopic (exact) mass is 1160 g/mol. The van der Waals surface area contributed by atoms with Crippen LogP contribution in [0.2, 0.25) is 0 Å². The topological polar surface area (TPSA) is 102 Å². The second kappa shape index (κ2) is 61.9. The first-order valence-electron chi connectivity index (χ1n) is 36.5. The van der Waals surface area contributed by atoms with E-state index in [0.29, 0.717) is 63.3 Å². The average molecular weight is 1160 g/mol. The lowest BCUT2D eigenvalue weighted by molar-refractivity contribution is -0.146. The minimum atomic E-state index is -0.0717. The van der Waals surface area contributed by atoms with Crippen LogP contribution in [-0.4, -0.2) is 86.7 Å². The Balaban J connectivity index is 5.62. The lowest BCUT2D eigenvalue weighted by atomic mass is 9.94. The Morgan fingerprint density at radius 1 is 0.293 bits per heavy atom. The molecule has 0 aliphatic carbocycles. The maximum Gasteiger partial charge on any atom is 0.305 e. The van der Waals surface area contributed by atoms with Crippen LogP contribution in [0.25, 0.3) is 0 Å². The third-order valence-corrected chi connectivity index (χ3v) is 17.7. The van der Waals surface area contributed by atoms with E-state index in [-0.39, 0.29) is 29.9 Å². The number of hydrogen-bond acceptors (Lipinski definition) is 8. The molecule has 0 bridgehead atoms. The lowest BCUT2D eigenvalue weighted by Crippen LogP contribution is -2.41. The van der Waals surface area contributed by atoms with Gasteiger partial charge in [-0.05, 0) is 115 Å². The average Bonchev–Trinajstić information content (AvgIpc) is 3.47. The Morgan fingerprint density at radius 2 is 0.573 bits per heavy atom. The quantitative estimate of drug-likeness (QED) is 0.0337. The molecule has 3 unspecified atom stereocenters. The normalized spacial score (nSPS) is 12.8. The molecule has 0 radical (unpaired) electrons. The zero-order valence-corrected chi connectivity index (χ0v) is 56.4. The molecule has 0 rings (SSSR count). The Kier molecular flexibility index (Phi) is 60.3. The number of amides is 1. The molecular weight excluding hydrogens is 1020 g/mol. The third kappa shape index (κ3) is 53.3. The summed E-state index contributed by atoms with van der Waals surface area (Å²) in [5.41, 5.74) is 0. The Labute approximate surface area is 511 Å². The van der Waals surface area contributed by atoms with Crippen LogP contribution in [0.1, 0.15) is 375 Å². The van der Waals surface area contributed by atoms with Gasteiger partial charge >= 0.3 is 17.9 Å². The number of unbranched alkanes of at least 4 members (excludes halogenated alkanes) is 31. The zero-order valence-electron chi connectivity index (χ0n) is 56.4. The van der Waals surface area contributed by atoms with Gasteiger partial charge in [0.1, 0.15) is 0 Å². The molecule has 486 valence electrons. The van der Waals surface area contributed by atoms with E-state index in [1.165, 1.54) is 205 Å². The van der Waals surface area contributed by atoms with Crippen LogP contribution >= 0.6 is 0 Å². The number of carbonyl (C=O) groups is 4.